The van der Waals surface area contributed by atoms with Crippen molar-refractivity contribution in [2.75, 3.05) is 26.7 Å². The summed E-state index contributed by atoms with van der Waals surface area (Å²) in [5.41, 5.74) is 2.74. The van der Waals surface area contributed by atoms with Gasteiger partial charge in [-0.1, -0.05) is 25.1 Å². The number of rotatable bonds is 6. The zero-order valence-corrected chi connectivity index (χ0v) is 17.8. The standard InChI is InChI=1S/C23H30N4O3/c1-3-6-21(28)27-12-9-17(14-27)22-24-19-10-11-26(15-18(19)23(29)25-22)13-16-7-4-5-8-20(16)30-2/h4-5,7-8,17H,3,6,9-15H2,1-2H3,(H,24,25,29)/t17-/m1/s1. The topological polar surface area (TPSA) is 78.5 Å². The molecule has 7 heteroatoms. The minimum absolute atomic E-state index is 0.0435. The Morgan fingerprint density at radius 3 is 2.93 bits per heavy atom. The van der Waals surface area contributed by atoms with Gasteiger partial charge in [0.05, 0.1) is 18.4 Å². The SMILES string of the molecule is CCCC(=O)N1CC[C@@H](c2nc3c(c(=O)[nH]2)CN(Cc2ccccc2OC)CC3)C1. The Morgan fingerprint density at radius 2 is 2.13 bits per heavy atom. The number of likely N-dealkylation sites (tertiary alicyclic amines) is 1. The number of amides is 1. The van der Waals surface area contributed by atoms with Crippen LogP contribution in [0.4, 0.5) is 0 Å². The van der Waals surface area contributed by atoms with Crippen molar-refractivity contribution in [3.8, 4) is 5.75 Å². The molecule has 0 bridgehead atoms. The highest BCUT2D eigenvalue weighted by molar-refractivity contribution is 5.76. The fraction of sp³-hybridized carbons (Fsp3) is 0.522. The number of methoxy groups -OCH3 is 1. The summed E-state index contributed by atoms with van der Waals surface area (Å²) in [5, 5.41) is 0. The normalized spacial score (nSPS) is 19.0. The van der Waals surface area contributed by atoms with E-state index in [0.29, 0.717) is 19.5 Å². The van der Waals surface area contributed by atoms with Crippen LogP contribution in [0.25, 0.3) is 0 Å². The predicted octanol–water partition coefficient (Wildman–Crippen LogP) is 2.45. The molecule has 1 amide bonds. The average Bonchev–Trinajstić information content (AvgIpc) is 3.25. The molecule has 2 aliphatic rings. The summed E-state index contributed by atoms with van der Waals surface area (Å²) in [7, 11) is 1.68. The van der Waals surface area contributed by atoms with Crippen LogP contribution in [0.5, 0.6) is 5.75 Å². The average molecular weight is 411 g/mol. The van der Waals surface area contributed by atoms with E-state index in [1.165, 1.54) is 0 Å². The van der Waals surface area contributed by atoms with Crippen molar-refractivity contribution in [2.45, 2.75) is 51.6 Å². The maximum atomic E-state index is 12.9. The molecule has 0 saturated carbocycles. The molecule has 1 atom stereocenters. The monoisotopic (exact) mass is 410 g/mol. The van der Waals surface area contributed by atoms with Gasteiger partial charge in [0.25, 0.3) is 5.56 Å². The Kier molecular flexibility index (Phi) is 6.18. The number of aromatic nitrogens is 2. The van der Waals surface area contributed by atoms with Crippen molar-refractivity contribution in [2.24, 2.45) is 0 Å². The van der Waals surface area contributed by atoms with Crippen molar-refractivity contribution >= 4 is 5.91 Å². The first-order valence-corrected chi connectivity index (χ1v) is 10.8. The second-order valence-electron chi connectivity index (χ2n) is 8.22. The van der Waals surface area contributed by atoms with Gasteiger partial charge in [0.1, 0.15) is 11.6 Å². The lowest BCUT2D eigenvalue weighted by atomic mass is 10.0. The number of nitrogens with zero attached hydrogens (tertiary/aromatic N) is 3. The van der Waals surface area contributed by atoms with Crippen LogP contribution in [0.2, 0.25) is 0 Å². The zero-order chi connectivity index (χ0) is 21.1. The van der Waals surface area contributed by atoms with Crippen molar-refractivity contribution in [1.82, 2.24) is 19.8 Å². The fourth-order valence-electron chi connectivity index (χ4n) is 4.48. The van der Waals surface area contributed by atoms with Gasteiger partial charge in [0.15, 0.2) is 0 Å². The number of carbonyl (C=O) groups is 1. The first kappa shape index (κ1) is 20.6. The van der Waals surface area contributed by atoms with E-state index in [9.17, 15) is 9.59 Å². The van der Waals surface area contributed by atoms with E-state index in [4.69, 9.17) is 9.72 Å². The number of benzene rings is 1. The van der Waals surface area contributed by atoms with Crippen molar-refractivity contribution < 1.29 is 9.53 Å². The molecule has 0 unspecified atom stereocenters. The van der Waals surface area contributed by atoms with E-state index in [-0.39, 0.29) is 17.4 Å². The molecule has 30 heavy (non-hydrogen) atoms. The van der Waals surface area contributed by atoms with Gasteiger partial charge in [0.2, 0.25) is 5.91 Å². The lowest BCUT2D eigenvalue weighted by Crippen LogP contribution is -2.36. The molecule has 7 nitrogen and oxygen atoms in total. The first-order valence-electron chi connectivity index (χ1n) is 10.8. The minimum Gasteiger partial charge on any atom is -0.496 e. The van der Waals surface area contributed by atoms with Crippen LogP contribution in [0, 0.1) is 0 Å². The van der Waals surface area contributed by atoms with Crippen LogP contribution in [0.3, 0.4) is 0 Å². The largest absolute Gasteiger partial charge is 0.496 e. The molecular formula is C23H30N4O3. The number of hydrogen-bond acceptors (Lipinski definition) is 5. The third kappa shape index (κ3) is 4.26. The van der Waals surface area contributed by atoms with Crippen LogP contribution < -0.4 is 10.3 Å². The molecule has 1 saturated heterocycles. The van der Waals surface area contributed by atoms with E-state index in [1.807, 2.05) is 30.0 Å². The smallest absolute Gasteiger partial charge is 0.255 e. The lowest BCUT2D eigenvalue weighted by molar-refractivity contribution is -0.130. The van der Waals surface area contributed by atoms with E-state index >= 15 is 0 Å². The highest BCUT2D eigenvalue weighted by Gasteiger charge is 2.30. The van der Waals surface area contributed by atoms with E-state index < -0.39 is 0 Å². The molecule has 0 radical (unpaired) electrons. The van der Waals surface area contributed by atoms with Crippen LogP contribution >= 0.6 is 0 Å². The van der Waals surface area contributed by atoms with Crippen molar-refractivity contribution in [3.05, 3.63) is 57.3 Å². The molecule has 1 aromatic carbocycles. The number of carbonyl (C=O) groups excluding carboxylic acids is 1. The number of nitrogens with one attached hydrogen (secondary N) is 1. The van der Waals surface area contributed by atoms with Gasteiger partial charge < -0.3 is 14.6 Å². The number of para-hydroxylation sites is 1. The van der Waals surface area contributed by atoms with Gasteiger partial charge in [-0.2, -0.15) is 0 Å². The van der Waals surface area contributed by atoms with E-state index in [2.05, 4.69) is 16.0 Å². The van der Waals surface area contributed by atoms with Gasteiger partial charge in [-0.15, -0.1) is 0 Å². The fourth-order valence-corrected chi connectivity index (χ4v) is 4.48. The zero-order valence-electron chi connectivity index (χ0n) is 17.8. The third-order valence-corrected chi connectivity index (χ3v) is 6.14. The third-order valence-electron chi connectivity index (χ3n) is 6.14. The molecule has 2 aliphatic heterocycles. The molecule has 2 aromatic rings. The summed E-state index contributed by atoms with van der Waals surface area (Å²) >= 11 is 0. The van der Waals surface area contributed by atoms with Crippen molar-refractivity contribution in [1.29, 1.82) is 0 Å². The molecule has 1 aromatic heterocycles. The summed E-state index contributed by atoms with van der Waals surface area (Å²) in [4.78, 5) is 37.0. The summed E-state index contributed by atoms with van der Waals surface area (Å²) in [5.74, 6) is 1.93. The van der Waals surface area contributed by atoms with Crippen molar-refractivity contribution in [3.63, 3.8) is 0 Å². The summed E-state index contributed by atoms with van der Waals surface area (Å²) in [6.45, 7) is 5.60. The van der Waals surface area contributed by atoms with Gasteiger partial charge in [-0.25, -0.2) is 4.98 Å². The molecule has 0 spiro atoms. The Balaban J connectivity index is 1.47. The molecule has 160 valence electrons. The van der Waals surface area contributed by atoms with Gasteiger partial charge >= 0.3 is 0 Å². The number of fused-ring (bicyclic) bond motifs is 1. The van der Waals surface area contributed by atoms with Crippen LogP contribution in [-0.4, -0.2) is 52.4 Å². The van der Waals surface area contributed by atoms with Gasteiger partial charge in [0, 0.05) is 57.0 Å². The second-order valence-corrected chi connectivity index (χ2v) is 8.22. The maximum Gasteiger partial charge on any atom is 0.255 e. The van der Waals surface area contributed by atoms with Crippen LogP contribution in [-0.2, 0) is 24.3 Å². The van der Waals surface area contributed by atoms with Gasteiger partial charge in [-0.3, -0.25) is 14.5 Å². The lowest BCUT2D eigenvalue weighted by Gasteiger charge is -2.28. The first-order chi connectivity index (χ1) is 14.6. The van der Waals surface area contributed by atoms with Gasteiger partial charge in [-0.05, 0) is 18.9 Å². The maximum absolute atomic E-state index is 12.9. The van der Waals surface area contributed by atoms with E-state index in [1.54, 1.807) is 7.11 Å². The minimum atomic E-state index is -0.0435. The van der Waals surface area contributed by atoms with Crippen LogP contribution in [0.15, 0.2) is 29.1 Å². The Hall–Kier alpha value is -2.67. The second kappa shape index (κ2) is 9.00. The summed E-state index contributed by atoms with van der Waals surface area (Å²) in [6.07, 6.45) is 3.06. The Morgan fingerprint density at radius 1 is 1.30 bits per heavy atom. The highest BCUT2D eigenvalue weighted by atomic mass is 16.5. The highest BCUT2D eigenvalue weighted by Crippen LogP contribution is 2.27. The molecule has 3 heterocycles. The Bertz CT molecular complexity index is 971. The molecule has 4 rings (SSSR count). The molecule has 1 N–H and O–H groups in total. The van der Waals surface area contributed by atoms with Crippen LogP contribution in [0.1, 0.15) is 54.7 Å². The number of hydrogen-bond donors (Lipinski definition) is 1. The quantitative estimate of drug-likeness (QED) is 0.791. The number of H-pyrrole nitrogens is 1. The van der Waals surface area contributed by atoms with E-state index in [0.717, 1.165) is 67.3 Å². The number of ether oxygens (including phenoxy) is 1. The molecule has 0 aliphatic carbocycles. The molecular weight excluding hydrogens is 380 g/mol. The molecule has 1 fully saturated rings. The Labute approximate surface area is 177 Å². The summed E-state index contributed by atoms with van der Waals surface area (Å²) < 4.78 is 5.46. The predicted molar refractivity (Wildman–Crippen MR) is 115 cm³/mol. The summed E-state index contributed by atoms with van der Waals surface area (Å²) in [6, 6.07) is 7.99. The number of aromatic amines is 1.